The first-order chi connectivity index (χ1) is 12.9. The molecule has 1 aromatic carbocycles. The first-order valence-corrected chi connectivity index (χ1v) is 9.55. The Morgan fingerprint density at radius 2 is 2.07 bits per heavy atom. The molecule has 1 amide bonds. The normalized spacial score (nSPS) is 12.0. The molecule has 0 saturated carbocycles. The van der Waals surface area contributed by atoms with E-state index >= 15 is 0 Å². The monoisotopic (exact) mass is 385 g/mol. The molecular formula is C19H23N5O2S. The number of carbonyl (C=O) groups excluding carboxylic acids is 1. The highest BCUT2D eigenvalue weighted by Crippen LogP contribution is 2.33. The van der Waals surface area contributed by atoms with Crippen molar-refractivity contribution in [3.63, 3.8) is 0 Å². The molecule has 0 saturated heterocycles. The molecule has 0 fully saturated rings. The lowest BCUT2D eigenvalue weighted by Crippen LogP contribution is -2.23. The van der Waals surface area contributed by atoms with Gasteiger partial charge in [-0.25, -0.2) is 4.98 Å². The second-order valence-electron chi connectivity index (χ2n) is 6.55. The summed E-state index contributed by atoms with van der Waals surface area (Å²) >= 11 is 1.42. The Balaban J connectivity index is 1.70. The molecule has 27 heavy (non-hydrogen) atoms. The largest absolute Gasteiger partial charge is 0.431 e. The van der Waals surface area contributed by atoms with Crippen LogP contribution in [-0.4, -0.2) is 27.1 Å². The molecule has 0 radical (unpaired) electrons. The van der Waals surface area contributed by atoms with Gasteiger partial charge in [-0.1, -0.05) is 17.4 Å². The molecule has 3 rings (SSSR count). The Kier molecular flexibility index (Phi) is 5.75. The number of aromatic amines is 1. The zero-order chi connectivity index (χ0) is 19.4. The summed E-state index contributed by atoms with van der Waals surface area (Å²) in [6.07, 6.45) is 1.74. The van der Waals surface area contributed by atoms with Crippen molar-refractivity contribution in [2.75, 3.05) is 5.32 Å². The van der Waals surface area contributed by atoms with Crippen LogP contribution in [0.25, 0.3) is 10.6 Å². The number of nitrogens with zero attached hydrogens (tertiary/aromatic N) is 2. The van der Waals surface area contributed by atoms with E-state index in [4.69, 9.17) is 4.74 Å². The molecule has 0 aliphatic rings. The van der Waals surface area contributed by atoms with Gasteiger partial charge in [0, 0.05) is 24.7 Å². The van der Waals surface area contributed by atoms with Crippen LogP contribution in [0.1, 0.15) is 39.4 Å². The highest BCUT2D eigenvalue weighted by molar-refractivity contribution is 7.16. The maximum Gasteiger partial charge on any atom is 0.279 e. The number of aromatic nitrogens is 3. The summed E-state index contributed by atoms with van der Waals surface area (Å²) in [5.41, 5.74) is 2.61. The van der Waals surface area contributed by atoms with E-state index in [1.54, 1.807) is 6.20 Å². The van der Waals surface area contributed by atoms with E-state index in [1.807, 2.05) is 37.3 Å². The summed E-state index contributed by atoms with van der Waals surface area (Å²) in [5.74, 6) is 0.643. The van der Waals surface area contributed by atoms with Gasteiger partial charge in [0.25, 0.3) is 5.19 Å². The van der Waals surface area contributed by atoms with Crippen LogP contribution in [0.15, 0.2) is 36.5 Å². The van der Waals surface area contributed by atoms with Crippen molar-refractivity contribution in [1.82, 2.24) is 20.5 Å². The molecular weight excluding hydrogens is 362 g/mol. The fraction of sp³-hybridized carbons (Fsp3) is 0.316. The van der Waals surface area contributed by atoms with Gasteiger partial charge in [0.05, 0.1) is 22.8 Å². The third-order valence-corrected chi connectivity index (χ3v) is 4.61. The van der Waals surface area contributed by atoms with Crippen LogP contribution in [0.5, 0.6) is 10.9 Å². The number of hydrogen-bond acceptors (Lipinski definition) is 6. The van der Waals surface area contributed by atoms with E-state index < -0.39 is 0 Å². The molecule has 8 heteroatoms. The predicted molar refractivity (Wildman–Crippen MR) is 107 cm³/mol. The van der Waals surface area contributed by atoms with Crippen LogP contribution < -0.4 is 15.4 Å². The van der Waals surface area contributed by atoms with Crippen molar-refractivity contribution in [2.24, 2.45) is 0 Å². The molecule has 0 aliphatic heterocycles. The van der Waals surface area contributed by atoms with Crippen LogP contribution >= 0.6 is 11.3 Å². The molecule has 1 unspecified atom stereocenters. The number of anilines is 1. The van der Waals surface area contributed by atoms with Gasteiger partial charge in [-0.05, 0) is 39.0 Å². The summed E-state index contributed by atoms with van der Waals surface area (Å²) in [6, 6.07) is 9.91. The lowest BCUT2D eigenvalue weighted by molar-refractivity contribution is -0.119. The van der Waals surface area contributed by atoms with Gasteiger partial charge in [0.2, 0.25) is 5.91 Å². The molecule has 142 valence electrons. The van der Waals surface area contributed by atoms with E-state index in [0.717, 1.165) is 27.7 Å². The number of ether oxygens (including phenoxy) is 1. The topological polar surface area (TPSA) is 91.9 Å². The molecule has 0 bridgehead atoms. The quantitative estimate of drug-likeness (QED) is 0.562. The van der Waals surface area contributed by atoms with E-state index in [9.17, 15) is 4.79 Å². The number of carbonyl (C=O) groups is 1. The van der Waals surface area contributed by atoms with Crippen LogP contribution in [0.2, 0.25) is 0 Å². The average molecular weight is 385 g/mol. The highest BCUT2D eigenvalue weighted by atomic mass is 32.1. The summed E-state index contributed by atoms with van der Waals surface area (Å²) in [7, 11) is 0. The maximum atomic E-state index is 11.2. The Morgan fingerprint density at radius 3 is 2.81 bits per heavy atom. The van der Waals surface area contributed by atoms with Crippen molar-refractivity contribution in [3.05, 3.63) is 42.2 Å². The number of thiazole rings is 1. The first-order valence-electron chi connectivity index (χ1n) is 8.74. The maximum absolute atomic E-state index is 11.2. The van der Waals surface area contributed by atoms with Crippen molar-refractivity contribution in [2.45, 2.75) is 39.8 Å². The van der Waals surface area contributed by atoms with Crippen LogP contribution in [0, 0.1) is 0 Å². The minimum absolute atomic E-state index is 0.0821. The van der Waals surface area contributed by atoms with E-state index in [1.165, 1.54) is 18.3 Å². The third kappa shape index (κ3) is 5.07. The number of nitrogens with one attached hydrogen (secondary N) is 3. The third-order valence-electron chi connectivity index (χ3n) is 3.72. The predicted octanol–water partition coefficient (Wildman–Crippen LogP) is 4.34. The fourth-order valence-corrected chi connectivity index (χ4v) is 3.32. The molecule has 2 aromatic heterocycles. The number of rotatable bonds is 7. The Bertz CT molecular complexity index is 918. The molecule has 3 N–H and O–H groups in total. The molecule has 0 spiro atoms. The van der Waals surface area contributed by atoms with Crippen molar-refractivity contribution >= 4 is 22.9 Å². The Labute approximate surface area is 162 Å². The van der Waals surface area contributed by atoms with Crippen molar-refractivity contribution < 1.29 is 9.53 Å². The number of benzene rings is 1. The molecule has 2 heterocycles. The first kappa shape index (κ1) is 18.9. The fourth-order valence-electron chi connectivity index (χ4n) is 2.57. The number of H-pyrrole nitrogens is 1. The van der Waals surface area contributed by atoms with E-state index in [2.05, 4.69) is 39.7 Å². The van der Waals surface area contributed by atoms with Crippen molar-refractivity contribution in [1.29, 1.82) is 0 Å². The minimum Gasteiger partial charge on any atom is -0.431 e. The number of amides is 1. The van der Waals surface area contributed by atoms with Crippen LogP contribution in [-0.2, 0) is 4.79 Å². The van der Waals surface area contributed by atoms with Gasteiger partial charge in [-0.15, -0.1) is 0 Å². The SMILES string of the molecule is CC(=O)NC(C)c1cc(-c2cnc(Oc3cccc(NC(C)C)c3)s2)n[nH]1. The highest BCUT2D eigenvalue weighted by Gasteiger charge is 2.14. The van der Waals surface area contributed by atoms with Gasteiger partial charge < -0.3 is 15.4 Å². The van der Waals surface area contributed by atoms with Gasteiger partial charge in [0.1, 0.15) is 11.4 Å². The van der Waals surface area contributed by atoms with Crippen LogP contribution in [0.4, 0.5) is 5.69 Å². The van der Waals surface area contributed by atoms with Crippen LogP contribution in [0.3, 0.4) is 0 Å². The summed E-state index contributed by atoms with van der Waals surface area (Å²) < 4.78 is 5.88. The minimum atomic E-state index is -0.136. The van der Waals surface area contributed by atoms with Gasteiger partial charge in [0.15, 0.2) is 0 Å². The van der Waals surface area contributed by atoms with E-state index in [-0.39, 0.29) is 11.9 Å². The van der Waals surface area contributed by atoms with Gasteiger partial charge in [-0.2, -0.15) is 5.10 Å². The molecule has 3 aromatic rings. The second kappa shape index (κ2) is 8.22. The zero-order valence-electron chi connectivity index (χ0n) is 15.7. The Morgan fingerprint density at radius 1 is 1.26 bits per heavy atom. The second-order valence-corrected chi connectivity index (χ2v) is 7.54. The standard InChI is InChI=1S/C19H23N5O2S/c1-11(2)21-14-6-5-7-15(8-14)26-19-20-10-18(27-19)17-9-16(23-24-17)12(3)22-13(4)25/h5-12,21H,1-4H3,(H,22,25)(H,23,24). The zero-order valence-corrected chi connectivity index (χ0v) is 16.6. The molecule has 1 atom stereocenters. The summed E-state index contributed by atoms with van der Waals surface area (Å²) in [5, 5.41) is 14.0. The van der Waals surface area contributed by atoms with Gasteiger partial charge >= 0.3 is 0 Å². The lowest BCUT2D eigenvalue weighted by atomic mass is 10.2. The molecule has 7 nitrogen and oxygen atoms in total. The summed E-state index contributed by atoms with van der Waals surface area (Å²) in [6.45, 7) is 7.57. The van der Waals surface area contributed by atoms with E-state index in [0.29, 0.717) is 11.2 Å². The smallest absolute Gasteiger partial charge is 0.279 e. The number of hydrogen-bond donors (Lipinski definition) is 3. The molecule has 0 aliphatic carbocycles. The van der Waals surface area contributed by atoms with Gasteiger partial charge in [-0.3, -0.25) is 9.89 Å². The lowest BCUT2D eigenvalue weighted by Gasteiger charge is -2.10. The average Bonchev–Trinajstić information content (AvgIpc) is 3.23. The van der Waals surface area contributed by atoms with Crippen molar-refractivity contribution in [3.8, 4) is 21.5 Å². The Hall–Kier alpha value is -2.87. The summed E-state index contributed by atoms with van der Waals surface area (Å²) in [4.78, 5) is 16.4.